The van der Waals surface area contributed by atoms with Gasteiger partial charge >= 0.3 is 0 Å². The van der Waals surface area contributed by atoms with Crippen molar-refractivity contribution in [3.63, 3.8) is 0 Å². The normalized spacial score (nSPS) is 23.4. The van der Waals surface area contributed by atoms with Crippen LogP contribution < -0.4 is 20.5 Å². The number of carbonyl (C=O) groups excluding carboxylic acids is 1. The third-order valence-electron chi connectivity index (χ3n) is 10.7. The summed E-state index contributed by atoms with van der Waals surface area (Å²) in [5.41, 5.74) is 4.73. The number of likely N-dealkylation sites (N-methyl/N-ethyl adjacent to an activating group) is 1. The monoisotopic (exact) mass is 651 g/mol. The molecule has 1 amide bonds. The van der Waals surface area contributed by atoms with E-state index in [2.05, 4.69) is 45.0 Å². The lowest BCUT2D eigenvalue weighted by Gasteiger charge is -2.41. The molecule has 10 nitrogen and oxygen atoms in total. The molecule has 260 valence electrons. The third kappa shape index (κ3) is 8.96. The van der Waals surface area contributed by atoms with Gasteiger partial charge in [0.05, 0.1) is 25.9 Å². The number of hydrogen-bond acceptors (Lipinski definition) is 8. The van der Waals surface area contributed by atoms with Gasteiger partial charge in [0.15, 0.2) is 0 Å². The van der Waals surface area contributed by atoms with Crippen molar-refractivity contribution in [3.05, 3.63) is 56.5 Å². The number of morpholine rings is 1. The minimum absolute atomic E-state index is 0.148. The van der Waals surface area contributed by atoms with Crippen LogP contribution in [-0.4, -0.2) is 106 Å². The number of hydrogen-bond donors (Lipinski definition) is 2. The molecule has 1 aromatic heterocycles. The molecule has 0 bridgehead atoms. The zero-order valence-electron chi connectivity index (χ0n) is 29.5. The van der Waals surface area contributed by atoms with Gasteiger partial charge in [-0.3, -0.25) is 14.5 Å². The molecule has 1 aliphatic heterocycles. The second-order valence-electron chi connectivity index (χ2n) is 14.0. The average molecular weight is 652 g/mol. The predicted octanol–water partition coefficient (Wildman–Crippen LogP) is 4.44. The third-order valence-corrected chi connectivity index (χ3v) is 10.7. The largest absolute Gasteiger partial charge is 0.490 e. The summed E-state index contributed by atoms with van der Waals surface area (Å²) in [5.74, 6) is 1.19. The summed E-state index contributed by atoms with van der Waals surface area (Å²) in [6, 6.07) is 6.97. The van der Waals surface area contributed by atoms with Crippen molar-refractivity contribution < 1.29 is 19.0 Å². The van der Waals surface area contributed by atoms with E-state index in [9.17, 15) is 9.59 Å². The zero-order chi connectivity index (χ0) is 33.5. The summed E-state index contributed by atoms with van der Waals surface area (Å²) in [6.45, 7) is 15.5. The van der Waals surface area contributed by atoms with Crippen LogP contribution in [0.5, 0.6) is 5.75 Å². The van der Waals surface area contributed by atoms with E-state index in [0.29, 0.717) is 29.1 Å². The number of pyridine rings is 1. The molecule has 3 fully saturated rings. The van der Waals surface area contributed by atoms with E-state index < -0.39 is 0 Å². The van der Waals surface area contributed by atoms with Gasteiger partial charge < -0.3 is 34.3 Å². The van der Waals surface area contributed by atoms with E-state index in [1.54, 1.807) is 7.11 Å². The van der Waals surface area contributed by atoms with Crippen LogP contribution in [0.25, 0.3) is 0 Å². The highest BCUT2D eigenvalue weighted by Gasteiger charge is 2.34. The molecule has 2 aliphatic carbocycles. The van der Waals surface area contributed by atoms with Crippen molar-refractivity contribution in [2.75, 3.05) is 71.6 Å². The summed E-state index contributed by atoms with van der Waals surface area (Å²) < 4.78 is 17.4. The molecule has 0 spiro atoms. The number of nitrogens with zero attached hydrogens (tertiary/aromatic N) is 3. The van der Waals surface area contributed by atoms with Crippen LogP contribution >= 0.6 is 0 Å². The number of nitrogens with one attached hydrogen (secondary N) is 2. The first-order chi connectivity index (χ1) is 22.7. The fourth-order valence-electron chi connectivity index (χ4n) is 7.76. The standard InChI is InChI=1S/C37H57N5O5/c1-7-42(30-10-8-29(9-11-30)40(5)12-15-45-6)35-22-32(47-31-19-28(20-31)24-41-13-16-46-17-14-41)21-33(27(35)4)36(43)38-23-34-25(2)18-26(3)39-37(34)44/h18,21-22,28-31H,7-17,19-20,23-24H2,1-6H3,(H,38,43)(H,39,44). The Labute approximate surface area is 281 Å². The Morgan fingerprint density at radius 2 is 1.77 bits per heavy atom. The van der Waals surface area contributed by atoms with Gasteiger partial charge in [0.2, 0.25) is 0 Å². The average Bonchev–Trinajstić information content (AvgIpc) is 3.04. The van der Waals surface area contributed by atoms with Crippen molar-refractivity contribution in [3.8, 4) is 5.75 Å². The first kappa shape index (κ1) is 35.4. The topological polar surface area (TPSA) is 99.4 Å². The quantitative estimate of drug-likeness (QED) is 0.310. The molecule has 2 heterocycles. The number of H-pyrrole nitrogens is 1. The van der Waals surface area contributed by atoms with Crippen LogP contribution in [0.2, 0.25) is 0 Å². The second-order valence-corrected chi connectivity index (χ2v) is 14.0. The van der Waals surface area contributed by atoms with Crippen LogP contribution in [0, 0.1) is 26.7 Å². The summed E-state index contributed by atoms with van der Waals surface area (Å²) in [5, 5.41) is 3.05. The summed E-state index contributed by atoms with van der Waals surface area (Å²) >= 11 is 0. The Bertz CT molecular complexity index is 1390. The number of methoxy groups -OCH3 is 1. The number of rotatable bonds is 14. The van der Waals surface area contributed by atoms with Gasteiger partial charge in [0.1, 0.15) is 5.75 Å². The lowest BCUT2D eigenvalue weighted by molar-refractivity contribution is 0.000119. The number of carbonyl (C=O) groups is 1. The lowest BCUT2D eigenvalue weighted by Crippen LogP contribution is -2.45. The number of aromatic nitrogens is 1. The molecule has 2 N–H and O–H groups in total. The fourth-order valence-corrected chi connectivity index (χ4v) is 7.76. The predicted molar refractivity (Wildman–Crippen MR) is 187 cm³/mol. The highest BCUT2D eigenvalue weighted by Crippen LogP contribution is 2.38. The van der Waals surface area contributed by atoms with E-state index in [-0.39, 0.29) is 24.1 Å². The van der Waals surface area contributed by atoms with Crippen LogP contribution in [0.3, 0.4) is 0 Å². The molecule has 0 atom stereocenters. The number of anilines is 1. The molecule has 2 saturated carbocycles. The highest BCUT2D eigenvalue weighted by molar-refractivity contribution is 5.97. The van der Waals surface area contributed by atoms with Crippen molar-refractivity contribution >= 4 is 11.6 Å². The molecule has 0 unspecified atom stereocenters. The molecule has 47 heavy (non-hydrogen) atoms. The summed E-state index contributed by atoms with van der Waals surface area (Å²) in [7, 11) is 3.96. The minimum Gasteiger partial charge on any atom is -0.490 e. The van der Waals surface area contributed by atoms with Crippen molar-refractivity contribution in [1.29, 1.82) is 0 Å². The number of ether oxygens (including phenoxy) is 3. The minimum atomic E-state index is -0.188. The number of aromatic amines is 1. The maximum absolute atomic E-state index is 13.8. The highest BCUT2D eigenvalue weighted by atomic mass is 16.5. The molecule has 1 saturated heterocycles. The Balaban J connectivity index is 1.33. The van der Waals surface area contributed by atoms with Gasteiger partial charge in [0.25, 0.3) is 11.5 Å². The molecular formula is C37H57N5O5. The van der Waals surface area contributed by atoms with Gasteiger partial charge in [-0.2, -0.15) is 0 Å². The molecule has 3 aliphatic rings. The molecule has 0 radical (unpaired) electrons. The number of aryl methyl sites for hydroxylation is 2. The van der Waals surface area contributed by atoms with E-state index in [1.807, 2.05) is 32.9 Å². The maximum atomic E-state index is 13.8. The summed E-state index contributed by atoms with van der Waals surface area (Å²) in [4.78, 5) is 36.8. The molecule has 5 rings (SSSR count). The van der Waals surface area contributed by atoms with Gasteiger partial charge in [-0.1, -0.05) is 0 Å². The van der Waals surface area contributed by atoms with Crippen molar-refractivity contribution in [1.82, 2.24) is 20.1 Å². The number of benzene rings is 1. The first-order valence-electron chi connectivity index (χ1n) is 17.7. The zero-order valence-corrected chi connectivity index (χ0v) is 29.5. The Morgan fingerprint density at radius 1 is 1.06 bits per heavy atom. The number of amides is 1. The Kier molecular flexibility index (Phi) is 12.4. The van der Waals surface area contributed by atoms with Crippen molar-refractivity contribution in [2.24, 2.45) is 5.92 Å². The second kappa shape index (κ2) is 16.5. The smallest absolute Gasteiger partial charge is 0.253 e. The Morgan fingerprint density at radius 3 is 2.43 bits per heavy atom. The van der Waals surface area contributed by atoms with E-state index in [4.69, 9.17) is 14.2 Å². The van der Waals surface area contributed by atoms with Crippen LogP contribution in [-0.2, 0) is 16.0 Å². The van der Waals surface area contributed by atoms with Gasteiger partial charge in [-0.25, -0.2) is 0 Å². The van der Waals surface area contributed by atoms with Gasteiger partial charge in [-0.15, -0.1) is 0 Å². The van der Waals surface area contributed by atoms with E-state index in [0.717, 1.165) is 119 Å². The molecule has 1 aromatic carbocycles. The maximum Gasteiger partial charge on any atom is 0.253 e. The SMILES string of the molecule is CCN(c1cc(OC2CC(CN3CCOCC3)C2)cc(C(=O)NCc2c(C)cc(C)[nH]c2=O)c1C)C1CCC(N(C)CCOC)CC1. The molecular weight excluding hydrogens is 594 g/mol. The van der Waals surface area contributed by atoms with Crippen LogP contribution in [0.15, 0.2) is 23.0 Å². The van der Waals surface area contributed by atoms with Crippen LogP contribution in [0.1, 0.15) is 78.2 Å². The van der Waals surface area contributed by atoms with E-state index >= 15 is 0 Å². The van der Waals surface area contributed by atoms with E-state index in [1.165, 1.54) is 0 Å². The summed E-state index contributed by atoms with van der Waals surface area (Å²) in [6.07, 6.45) is 6.68. The Hall–Kier alpha value is -2.92. The van der Waals surface area contributed by atoms with Gasteiger partial charge in [-0.05, 0) is 102 Å². The first-order valence-corrected chi connectivity index (χ1v) is 17.7. The van der Waals surface area contributed by atoms with Crippen LogP contribution in [0.4, 0.5) is 5.69 Å². The molecule has 10 heteroatoms. The van der Waals surface area contributed by atoms with Crippen molar-refractivity contribution in [2.45, 2.75) is 91.0 Å². The molecule has 2 aromatic rings. The van der Waals surface area contributed by atoms with Gasteiger partial charge in [0, 0.05) is 87.0 Å². The lowest BCUT2D eigenvalue weighted by atomic mass is 9.81. The fraction of sp³-hybridized carbons (Fsp3) is 0.676.